The lowest BCUT2D eigenvalue weighted by atomic mass is 10.3. The van der Waals surface area contributed by atoms with Crippen molar-refractivity contribution in [1.29, 1.82) is 0 Å². The maximum absolute atomic E-state index is 10.3. The van der Waals surface area contributed by atoms with Crippen molar-refractivity contribution in [2.75, 3.05) is 0 Å². The van der Waals surface area contributed by atoms with Gasteiger partial charge in [0, 0.05) is 0 Å². The van der Waals surface area contributed by atoms with Gasteiger partial charge in [0.2, 0.25) is 5.72 Å². The molecule has 0 aromatic carbocycles. The number of hydrogen-bond acceptors (Lipinski definition) is 4. The largest absolute Gasteiger partial charge is 0.472 e. The Kier molecular flexibility index (Phi) is 1.94. The molecule has 0 saturated carbocycles. The highest BCUT2D eigenvalue weighted by Gasteiger charge is 2.32. The van der Waals surface area contributed by atoms with E-state index in [9.17, 15) is 4.57 Å². The molecule has 0 amide bonds. The van der Waals surface area contributed by atoms with Crippen LogP contribution in [0, 0.1) is 0 Å². The van der Waals surface area contributed by atoms with E-state index >= 15 is 0 Å². The average Bonchev–Trinajstić information content (AvgIpc) is 2.09. The SMILES string of the molecule is CC1(OP(=O)(O)O)C=CN=N1. The van der Waals surface area contributed by atoms with Gasteiger partial charge in [0.25, 0.3) is 0 Å². The summed E-state index contributed by atoms with van der Waals surface area (Å²) in [6, 6.07) is 0. The zero-order valence-electron chi connectivity index (χ0n) is 5.71. The summed E-state index contributed by atoms with van der Waals surface area (Å²) in [6.45, 7) is 1.40. The molecular formula is C4H7N2O4P. The minimum Gasteiger partial charge on any atom is -0.303 e. The van der Waals surface area contributed by atoms with Crippen LogP contribution in [0.5, 0.6) is 0 Å². The van der Waals surface area contributed by atoms with Crippen molar-refractivity contribution in [3.8, 4) is 0 Å². The normalized spacial score (nSPS) is 29.7. The molecule has 1 heterocycles. The van der Waals surface area contributed by atoms with E-state index in [1.165, 1.54) is 19.2 Å². The number of rotatable bonds is 2. The second-order valence-corrected chi connectivity index (χ2v) is 3.33. The second-order valence-electron chi connectivity index (χ2n) is 2.17. The Balaban J connectivity index is 2.70. The molecule has 6 nitrogen and oxygen atoms in total. The van der Waals surface area contributed by atoms with Gasteiger partial charge in [-0.2, -0.15) is 5.11 Å². The van der Waals surface area contributed by atoms with E-state index in [0.29, 0.717) is 0 Å². The van der Waals surface area contributed by atoms with Gasteiger partial charge in [0.05, 0.1) is 6.20 Å². The summed E-state index contributed by atoms with van der Waals surface area (Å²) in [5.74, 6) is 0. The molecule has 1 aliphatic rings. The Hall–Kier alpha value is -0.550. The van der Waals surface area contributed by atoms with Crippen molar-refractivity contribution < 1.29 is 18.9 Å². The molecule has 1 aliphatic heterocycles. The highest BCUT2D eigenvalue weighted by molar-refractivity contribution is 7.46. The molecule has 1 unspecified atom stereocenters. The molecule has 11 heavy (non-hydrogen) atoms. The van der Waals surface area contributed by atoms with E-state index in [4.69, 9.17) is 9.79 Å². The third-order valence-electron chi connectivity index (χ3n) is 1.01. The summed E-state index contributed by atoms with van der Waals surface area (Å²) in [7, 11) is -4.49. The van der Waals surface area contributed by atoms with Crippen molar-refractivity contribution in [3.05, 3.63) is 12.3 Å². The Morgan fingerprint density at radius 2 is 2.27 bits per heavy atom. The van der Waals surface area contributed by atoms with Gasteiger partial charge in [0.15, 0.2) is 0 Å². The third kappa shape index (κ3) is 2.51. The van der Waals surface area contributed by atoms with Gasteiger partial charge in [-0.05, 0) is 13.0 Å². The predicted molar refractivity (Wildman–Crippen MR) is 35.5 cm³/mol. The molecule has 1 atom stereocenters. The van der Waals surface area contributed by atoms with Crippen LogP contribution in [0.4, 0.5) is 0 Å². The zero-order chi connectivity index (χ0) is 8.54. The zero-order valence-corrected chi connectivity index (χ0v) is 6.60. The molecule has 7 heteroatoms. The van der Waals surface area contributed by atoms with Gasteiger partial charge in [-0.15, -0.1) is 5.11 Å². The molecule has 2 N–H and O–H groups in total. The maximum Gasteiger partial charge on any atom is 0.472 e. The standard InChI is InChI=1S/C4H7N2O4P/c1-4(2-3-5-6-4)10-11(7,8)9/h2-3H,1H3,(H2,7,8,9). The molecule has 0 saturated heterocycles. The van der Waals surface area contributed by atoms with E-state index in [-0.39, 0.29) is 0 Å². The Labute approximate surface area is 62.8 Å². The van der Waals surface area contributed by atoms with Gasteiger partial charge in [-0.25, -0.2) is 4.57 Å². The molecule has 0 aromatic rings. The predicted octanol–water partition coefficient (Wildman–Crippen LogP) is 0.791. The average molecular weight is 178 g/mol. The first-order valence-electron chi connectivity index (χ1n) is 2.77. The summed E-state index contributed by atoms with van der Waals surface area (Å²) < 4.78 is 14.6. The Bertz CT molecular complexity index is 243. The van der Waals surface area contributed by atoms with Crippen molar-refractivity contribution in [2.45, 2.75) is 12.6 Å². The minimum absolute atomic E-state index is 1.31. The summed E-state index contributed by atoms with van der Waals surface area (Å²) >= 11 is 0. The first kappa shape index (κ1) is 8.55. The minimum atomic E-state index is -4.49. The summed E-state index contributed by atoms with van der Waals surface area (Å²) in [6.07, 6.45) is 2.67. The topological polar surface area (TPSA) is 91.5 Å². The third-order valence-corrected chi connectivity index (χ3v) is 1.62. The fourth-order valence-electron chi connectivity index (χ4n) is 0.642. The summed E-state index contributed by atoms with van der Waals surface area (Å²) in [5, 5.41) is 6.85. The van der Waals surface area contributed by atoms with Crippen LogP contribution in [-0.2, 0) is 9.09 Å². The van der Waals surface area contributed by atoms with Gasteiger partial charge < -0.3 is 9.79 Å². The van der Waals surface area contributed by atoms with E-state index in [0.717, 1.165) is 0 Å². The molecule has 0 aromatic heterocycles. The van der Waals surface area contributed by atoms with Crippen molar-refractivity contribution in [2.24, 2.45) is 10.2 Å². The highest BCUT2D eigenvalue weighted by atomic mass is 31.2. The second kappa shape index (κ2) is 2.49. The van der Waals surface area contributed by atoms with Crippen LogP contribution < -0.4 is 0 Å². The van der Waals surface area contributed by atoms with Crippen molar-refractivity contribution in [1.82, 2.24) is 0 Å². The Morgan fingerprint density at radius 1 is 1.64 bits per heavy atom. The van der Waals surface area contributed by atoms with E-state index in [1.807, 2.05) is 0 Å². The highest BCUT2D eigenvalue weighted by Crippen LogP contribution is 2.43. The van der Waals surface area contributed by atoms with E-state index in [1.54, 1.807) is 0 Å². The molecule has 62 valence electrons. The smallest absolute Gasteiger partial charge is 0.303 e. The lowest BCUT2D eigenvalue weighted by Gasteiger charge is -2.16. The van der Waals surface area contributed by atoms with Crippen LogP contribution in [0.2, 0.25) is 0 Å². The van der Waals surface area contributed by atoms with Gasteiger partial charge in [0.1, 0.15) is 0 Å². The molecule has 0 fully saturated rings. The number of hydrogen-bond donors (Lipinski definition) is 2. The lowest BCUT2D eigenvalue weighted by Crippen LogP contribution is -2.19. The molecule has 0 aliphatic carbocycles. The number of phosphoric acid groups is 1. The molecule has 0 spiro atoms. The van der Waals surface area contributed by atoms with Gasteiger partial charge in [-0.3, -0.25) is 4.52 Å². The van der Waals surface area contributed by atoms with Crippen molar-refractivity contribution in [3.63, 3.8) is 0 Å². The van der Waals surface area contributed by atoms with Crippen LogP contribution in [-0.4, -0.2) is 15.5 Å². The lowest BCUT2D eigenvalue weighted by molar-refractivity contribution is 0.0945. The van der Waals surface area contributed by atoms with Gasteiger partial charge >= 0.3 is 7.82 Å². The van der Waals surface area contributed by atoms with Gasteiger partial charge in [-0.1, -0.05) is 0 Å². The monoisotopic (exact) mass is 178 g/mol. The fraction of sp³-hybridized carbons (Fsp3) is 0.500. The molecule has 1 rings (SSSR count). The van der Waals surface area contributed by atoms with Crippen LogP contribution in [0.25, 0.3) is 0 Å². The number of azo groups is 1. The van der Waals surface area contributed by atoms with E-state index < -0.39 is 13.5 Å². The summed E-state index contributed by atoms with van der Waals surface area (Å²) in [5.41, 5.74) is -1.31. The van der Waals surface area contributed by atoms with E-state index in [2.05, 4.69) is 14.8 Å². The first-order valence-corrected chi connectivity index (χ1v) is 4.30. The molecule has 0 radical (unpaired) electrons. The number of nitrogens with zero attached hydrogens (tertiary/aromatic N) is 2. The summed E-state index contributed by atoms with van der Waals surface area (Å²) in [4.78, 5) is 16.8. The van der Waals surface area contributed by atoms with Crippen LogP contribution in [0.3, 0.4) is 0 Å². The van der Waals surface area contributed by atoms with Crippen molar-refractivity contribution >= 4 is 7.82 Å². The van der Waals surface area contributed by atoms with Crippen LogP contribution >= 0.6 is 7.82 Å². The Morgan fingerprint density at radius 3 is 2.64 bits per heavy atom. The maximum atomic E-state index is 10.3. The molecular weight excluding hydrogens is 171 g/mol. The number of phosphoric ester groups is 1. The molecule has 0 bridgehead atoms. The first-order chi connectivity index (χ1) is 4.91. The quantitative estimate of drug-likeness (QED) is 0.611. The van der Waals surface area contributed by atoms with Crippen LogP contribution in [0.1, 0.15) is 6.92 Å². The fourth-order valence-corrected chi connectivity index (χ4v) is 1.22. The van der Waals surface area contributed by atoms with Crippen LogP contribution in [0.15, 0.2) is 22.5 Å².